The van der Waals surface area contributed by atoms with Crippen molar-refractivity contribution in [3.8, 4) is 5.88 Å². The van der Waals surface area contributed by atoms with Gasteiger partial charge in [0.25, 0.3) is 5.91 Å². The number of anilines is 1. The first kappa shape index (κ1) is 23.9. The molecule has 2 heterocycles. The summed E-state index contributed by atoms with van der Waals surface area (Å²) < 4.78 is 29.3. The topological polar surface area (TPSA) is 90.0 Å². The van der Waals surface area contributed by atoms with E-state index in [0.717, 1.165) is 0 Å². The maximum atomic E-state index is 13.3. The lowest BCUT2D eigenvalue weighted by molar-refractivity contribution is -0.151. The van der Waals surface area contributed by atoms with Crippen molar-refractivity contribution < 1.29 is 28.2 Å². The van der Waals surface area contributed by atoms with Crippen LogP contribution in [0.3, 0.4) is 0 Å². The summed E-state index contributed by atoms with van der Waals surface area (Å²) in [4.78, 5) is 31.7. The Labute approximate surface area is 177 Å². The third kappa shape index (κ3) is 5.38. The fourth-order valence-electron chi connectivity index (χ4n) is 3.20. The maximum Gasteiger partial charge on any atom is 0.331 e. The number of carbonyl (C=O) groups is 2. The van der Waals surface area contributed by atoms with Crippen molar-refractivity contribution in [1.29, 1.82) is 0 Å². The first-order chi connectivity index (χ1) is 14.3. The molecule has 8 nitrogen and oxygen atoms in total. The van der Waals surface area contributed by atoms with Crippen LogP contribution in [-0.2, 0) is 14.3 Å². The van der Waals surface area contributed by atoms with Crippen LogP contribution >= 0.6 is 0 Å². The molecule has 1 unspecified atom stereocenters. The zero-order valence-corrected chi connectivity index (χ0v) is 18.4. The van der Waals surface area contributed by atoms with E-state index in [4.69, 9.17) is 14.2 Å². The summed E-state index contributed by atoms with van der Waals surface area (Å²) in [6.45, 7) is 8.08. The molecule has 1 amide bonds. The molecule has 0 aromatic carbocycles. The van der Waals surface area contributed by atoms with Gasteiger partial charge in [-0.1, -0.05) is 13.8 Å². The summed E-state index contributed by atoms with van der Waals surface area (Å²) in [6.07, 6.45) is -0.320. The Kier molecular flexibility index (Phi) is 8.40. The first-order valence-electron chi connectivity index (χ1n) is 10.4. The zero-order valence-electron chi connectivity index (χ0n) is 18.4. The van der Waals surface area contributed by atoms with E-state index in [9.17, 15) is 14.0 Å². The van der Waals surface area contributed by atoms with Gasteiger partial charge in [0.15, 0.2) is 0 Å². The lowest BCUT2D eigenvalue weighted by Crippen LogP contribution is -2.54. The van der Waals surface area contributed by atoms with E-state index in [1.807, 2.05) is 18.7 Å². The Hall–Kier alpha value is -2.42. The highest BCUT2D eigenvalue weighted by atomic mass is 19.1. The third-order valence-electron chi connectivity index (χ3n) is 5.27. The fourth-order valence-corrected chi connectivity index (χ4v) is 3.20. The quantitative estimate of drug-likeness (QED) is 0.545. The Bertz CT molecular complexity index is 733. The third-order valence-corrected chi connectivity index (χ3v) is 5.27. The van der Waals surface area contributed by atoms with Crippen molar-refractivity contribution in [2.24, 2.45) is 0 Å². The summed E-state index contributed by atoms with van der Waals surface area (Å²) in [5.41, 5.74) is -0.381. The Morgan fingerprint density at radius 1 is 1.30 bits per heavy atom. The summed E-state index contributed by atoms with van der Waals surface area (Å²) in [6, 6.07) is 3.29. The number of hydrogen-bond acceptors (Lipinski definition) is 7. The number of rotatable bonds is 11. The standard InChI is InChI=1S/C21H32FN3O5/c1-6-21(7-2,20(27)29-8-3)24-18(26)16-9-10-17(25-11-15(12-25)28-5)19(23-16)30-13-14(4)22/h9-10,14-15H,6-8,11-13H2,1-5H3,(H,24,26). The molecule has 1 aliphatic rings. The highest BCUT2D eigenvalue weighted by Gasteiger charge is 2.39. The van der Waals surface area contributed by atoms with Gasteiger partial charge in [0.2, 0.25) is 5.88 Å². The summed E-state index contributed by atoms with van der Waals surface area (Å²) in [5, 5.41) is 2.78. The van der Waals surface area contributed by atoms with E-state index in [2.05, 4.69) is 10.3 Å². The minimum absolute atomic E-state index is 0.0830. The zero-order chi connectivity index (χ0) is 22.3. The molecule has 1 aliphatic heterocycles. The van der Waals surface area contributed by atoms with E-state index in [-0.39, 0.29) is 30.9 Å². The smallest absolute Gasteiger partial charge is 0.331 e. The molecule has 1 saturated heterocycles. The van der Waals surface area contributed by atoms with Gasteiger partial charge < -0.3 is 24.4 Å². The normalized spacial score (nSPS) is 15.3. The molecule has 168 valence electrons. The van der Waals surface area contributed by atoms with Crippen LogP contribution in [0.4, 0.5) is 10.1 Å². The van der Waals surface area contributed by atoms with Crippen molar-refractivity contribution in [2.45, 2.75) is 58.4 Å². The number of carbonyl (C=O) groups excluding carboxylic acids is 2. The van der Waals surface area contributed by atoms with E-state index in [0.29, 0.717) is 31.6 Å². The number of nitrogens with zero attached hydrogens (tertiary/aromatic N) is 2. The fraction of sp³-hybridized carbons (Fsp3) is 0.667. The van der Waals surface area contributed by atoms with E-state index in [1.165, 1.54) is 6.92 Å². The second-order valence-corrected chi connectivity index (χ2v) is 7.34. The first-order valence-corrected chi connectivity index (χ1v) is 10.4. The Morgan fingerprint density at radius 2 is 1.97 bits per heavy atom. The molecule has 1 N–H and O–H groups in total. The molecule has 1 fully saturated rings. The van der Waals surface area contributed by atoms with Crippen molar-refractivity contribution >= 4 is 17.6 Å². The Balaban J connectivity index is 2.26. The van der Waals surface area contributed by atoms with Gasteiger partial charge in [0.05, 0.1) is 12.7 Å². The number of esters is 1. The molecule has 9 heteroatoms. The molecule has 30 heavy (non-hydrogen) atoms. The van der Waals surface area contributed by atoms with Crippen LogP contribution in [0.2, 0.25) is 0 Å². The summed E-state index contributed by atoms with van der Waals surface area (Å²) in [5.74, 6) is -0.819. The summed E-state index contributed by atoms with van der Waals surface area (Å²) >= 11 is 0. The molecular formula is C21H32FN3O5. The number of nitrogens with one attached hydrogen (secondary N) is 1. The van der Waals surface area contributed by atoms with Gasteiger partial charge in [-0.25, -0.2) is 14.2 Å². The van der Waals surface area contributed by atoms with Crippen LogP contribution in [0.5, 0.6) is 5.88 Å². The SMILES string of the molecule is CCOC(=O)C(CC)(CC)NC(=O)c1ccc(N2CC(OC)C2)c(OCC(C)F)n1. The van der Waals surface area contributed by atoms with Crippen LogP contribution in [0, 0.1) is 0 Å². The number of amides is 1. The molecule has 0 saturated carbocycles. The number of hydrogen-bond donors (Lipinski definition) is 1. The van der Waals surface area contributed by atoms with Gasteiger partial charge in [-0.05, 0) is 38.8 Å². The van der Waals surface area contributed by atoms with E-state index in [1.54, 1.807) is 26.2 Å². The second-order valence-electron chi connectivity index (χ2n) is 7.34. The molecule has 0 bridgehead atoms. The van der Waals surface area contributed by atoms with Crippen LogP contribution in [0.1, 0.15) is 51.0 Å². The number of alkyl halides is 1. The predicted molar refractivity (Wildman–Crippen MR) is 111 cm³/mol. The second kappa shape index (κ2) is 10.6. The van der Waals surface area contributed by atoms with Crippen LogP contribution in [0.15, 0.2) is 12.1 Å². The molecular weight excluding hydrogens is 393 g/mol. The van der Waals surface area contributed by atoms with Crippen molar-refractivity contribution in [3.63, 3.8) is 0 Å². The molecule has 1 aromatic heterocycles. The molecule has 0 aliphatic carbocycles. The predicted octanol–water partition coefficient (Wildman–Crippen LogP) is 2.51. The average molecular weight is 426 g/mol. The van der Waals surface area contributed by atoms with Gasteiger partial charge in [-0.15, -0.1) is 0 Å². The molecule has 0 spiro atoms. The molecule has 1 atom stereocenters. The lowest BCUT2D eigenvalue weighted by atomic mass is 9.92. The molecule has 2 rings (SSSR count). The highest BCUT2D eigenvalue weighted by Crippen LogP contribution is 2.31. The maximum absolute atomic E-state index is 13.3. The van der Waals surface area contributed by atoms with Crippen LogP contribution in [-0.4, -0.2) is 68.1 Å². The largest absolute Gasteiger partial charge is 0.473 e. The van der Waals surface area contributed by atoms with Gasteiger partial charge in [0, 0.05) is 20.2 Å². The Morgan fingerprint density at radius 3 is 2.50 bits per heavy atom. The van der Waals surface area contributed by atoms with E-state index < -0.39 is 23.6 Å². The lowest BCUT2D eigenvalue weighted by Gasteiger charge is -2.40. The van der Waals surface area contributed by atoms with Crippen molar-refractivity contribution in [3.05, 3.63) is 17.8 Å². The van der Waals surface area contributed by atoms with Gasteiger partial charge in [-0.3, -0.25) is 4.79 Å². The van der Waals surface area contributed by atoms with Crippen LogP contribution < -0.4 is 15.0 Å². The number of halogens is 1. The van der Waals surface area contributed by atoms with Crippen molar-refractivity contribution in [2.75, 3.05) is 38.3 Å². The average Bonchev–Trinajstić information content (AvgIpc) is 2.70. The van der Waals surface area contributed by atoms with Gasteiger partial charge in [-0.2, -0.15) is 0 Å². The monoisotopic (exact) mass is 425 g/mol. The van der Waals surface area contributed by atoms with Crippen molar-refractivity contribution in [1.82, 2.24) is 10.3 Å². The number of aromatic nitrogens is 1. The summed E-state index contributed by atoms with van der Waals surface area (Å²) in [7, 11) is 1.65. The number of pyridine rings is 1. The highest BCUT2D eigenvalue weighted by molar-refractivity contribution is 5.97. The molecule has 0 radical (unpaired) electrons. The van der Waals surface area contributed by atoms with E-state index >= 15 is 0 Å². The number of ether oxygens (including phenoxy) is 3. The van der Waals surface area contributed by atoms with Gasteiger partial charge >= 0.3 is 5.97 Å². The van der Waals surface area contributed by atoms with Gasteiger partial charge in [0.1, 0.15) is 29.7 Å². The minimum atomic E-state index is -1.18. The molecule has 1 aromatic rings. The minimum Gasteiger partial charge on any atom is -0.473 e. The number of methoxy groups -OCH3 is 1. The van der Waals surface area contributed by atoms with Crippen LogP contribution in [0.25, 0.3) is 0 Å².